The highest BCUT2D eigenvalue weighted by atomic mass is 32.2. The van der Waals surface area contributed by atoms with Crippen molar-refractivity contribution in [3.63, 3.8) is 0 Å². The number of nitrogens with zero attached hydrogens (tertiary/aromatic N) is 3. The van der Waals surface area contributed by atoms with Gasteiger partial charge in [0.05, 0.1) is 29.9 Å². The lowest BCUT2D eigenvalue weighted by Gasteiger charge is -2.16. The molecule has 1 aromatic carbocycles. The van der Waals surface area contributed by atoms with Crippen LogP contribution in [0.25, 0.3) is 16.2 Å². The van der Waals surface area contributed by atoms with Crippen molar-refractivity contribution in [2.24, 2.45) is 0 Å². The molecular formula is C20H25N3O5S2. The second-order valence-electron chi connectivity index (χ2n) is 8.21. The molecule has 1 saturated carbocycles. The number of hydrogen-bond acceptors (Lipinski definition) is 8. The molecule has 1 fully saturated rings. The summed E-state index contributed by atoms with van der Waals surface area (Å²) >= 11 is 1.29. The predicted octanol–water partition coefficient (Wildman–Crippen LogP) is 2.69. The molecule has 0 unspecified atom stereocenters. The molecule has 0 amide bonds. The van der Waals surface area contributed by atoms with Gasteiger partial charge in [-0.25, -0.2) is 17.9 Å². The summed E-state index contributed by atoms with van der Waals surface area (Å²) in [6.07, 6.45) is 0.541. The van der Waals surface area contributed by atoms with Gasteiger partial charge in [0.25, 0.3) is 0 Å². The molecule has 4 rings (SSSR count). The maximum Gasteiger partial charge on any atom is 0.213 e. The van der Waals surface area contributed by atoms with Crippen LogP contribution < -0.4 is 4.74 Å². The highest BCUT2D eigenvalue weighted by Crippen LogP contribution is 2.38. The van der Waals surface area contributed by atoms with Crippen LogP contribution in [0.15, 0.2) is 23.1 Å². The van der Waals surface area contributed by atoms with E-state index in [1.165, 1.54) is 18.4 Å². The summed E-state index contributed by atoms with van der Waals surface area (Å²) in [4.78, 5) is 5.27. The normalized spacial score (nSPS) is 20.2. The van der Waals surface area contributed by atoms with Crippen molar-refractivity contribution in [3.8, 4) is 17.0 Å². The van der Waals surface area contributed by atoms with Gasteiger partial charge in [-0.1, -0.05) is 11.3 Å². The molecule has 0 saturated heterocycles. The molecule has 162 valence electrons. The number of sulfone groups is 1. The van der Waals surface area contributed by atoms with E-state index in [-0.39, 0.29) is 17.1 Å². The molecule has 0 aliphatic heterocycles. The van der Waals surface area contributed by atoms with E-state index >= 15 is 0 Å². The zero-order valence-corrected chi connectivity index (χ0v) is 18.9. The molecule has 30 heavy (non-hydrogen) atoms. The molecule has 2 aromatic heterocycles. The summed E-state index contributed by atoms with van der Waals surface area (Å²) < 4.78 is 33.6. The molecule has 10 heteroatoms. The van der Waals surface area contributed by atoms with Crippen LogP contribution in [0, 0.1) is 6.92 Å². The highest BCUT2D eigenvalue weighted by molar-refractivity contribution is 7.92. The minimum Gasteiger partial charge on any atom is -0.495 e. The van der Waals surface area contributed by atoms with Crippen molar-refractivity contribution >= 4 is 26.1 Å². The number of ether oxygens (including phenoxy) is 1. The lowest BCUT2D eigenvalue weighted by atomic mass is 10.1. The maximum atomic E-state index is 13.3. The third-order valence-corrected chi connectivity index (χ3v) is 8.90. The van der Waals surface area contributed by atoms with Gasteiger partial charge in [0.2, 0.25) is 4.96 Å². The lowest BCUT2D eigenvalue weighted by molar-refractivity contribution is 0.0773. The number of aromatic nitrogens is 3. The van der Waals surface area contributed by atoms with E-state index in [1.807, 2.05) is 6.92 Å². The number of imidazole rings is 1. The van der Waals surface area contributed by atoms with Crippen LogP contribution in [0.4, 0.5) is 0 Å². The predicted molar refractivity (Wildman–Crippen MR) is 114 cm³/mol. The van der Waals surface area contributed by atoms with E-state index in [9.17, 15) is 18.6 Å². The number of aliphatic hydroxyl groups excluding tert-OH is 1. The zero-order chi connectivity index (χ0) is 21.8. The van der Waals surface area contributed by atoms with Crippen LogP contribution in [-0.2, 0) is 15.4 Å². The fraction of sp³-hybridized carbons (Fsp3) is 0.500. The van der Waals surface area contributed by atoms with E-state index in [2.05, 4.69) is 10.1 Å². The van der Waals surface area contributed by atoms with Gasteiger partial charge in [0, 0.05) is 5.56 Å². The second-order valence-corrected chi connectivity index (χ2v) is 11.4. The smallest absolute Gasteiger partial charge is 0.213 e. The SMILES string of the molecule is COc1ccc(-c2c(C)nc3sc(C(C)(C)O)nn23)cc1S(=O)(=O)[C@@H]1CC[C@H](O)C1. The number of rotatable bonds is 5. The Balaban J connectivity index is 1.86. The summed E-state index contributed by atoms with van der Waals surface area (Å²) in [5, 5.41) is 24.5. The molecule has 1 aliphatic rings. The van der Waals surface area contributed by atoms with Crippen LogP contribution in [0.3, 0.4) is 0 Å². The molecule has 3 aromatic rings. The number of methoxy groups -OCH3 is 1. The van der Waals surface area contributed by atoms with Gasteiger partial charge < -0.3 is 14.9 Å². The summed E-state index contributed by atoms with van der Waals surface area (Å²) in [7, 11) is -2.24. The van der Waals surface area contributed by atoms with Gasteiger partial charge in [-0.3, -0.25) is 0 Å². The first-order chi connectivity index (χ1) is 14.0. The molecule has 8 nitrogen and oxygen atoms in total. The average molecular weight is 452 g/mol. The minimum absolute atomic E-state index is 0.105. The number of aliphatic hydroxyl groups is 2. The summed E-state index contributed by atoms with van der Waals surface area (Å²) in [6, 6.07) is 5.01. The van der Waals surface area contributed by atoms with Crippen LogP contribution in [0.1, 0.15) is 43.8 Å². The third kappa shape index (κ3) is 3.51. The van der Waals surface area contributed by atoms with E-state index in [4.69, 9.17) is 4.74 Å². The van der Waals surface area contributed by atoms with Crippen LogP contribution in [-0.4, -0.2) is 51.7 Å². The average Bonchev–Trinajstić information content (AvgIpc) is 3.35. The number of fused-ring (bicyclic) bond motifs is 1. The van der Waals surface area contributed by atoms with Gasteiger partial charge in [-0.05, 0) is 58.2 Å². The van der Waals surface area contributed by atoms with Gasteiger partial charge in [-0.2, -0.15) is 5.10 Å². The Morgan fingerprint density at radius 3 is 2.63 bits per heavy atom. The maximum absolute atomic E-state index is 13.3. The molecule has 2 N–H and O–H groups in total. The largest absolute Gasteiger partial charge is 0.495 e. The molecule has 0 radical (unpaired) electrons. The van der Waals surface area contributed by atoms with E-state index < -0.39 is 26.8 Å². The van der Waals surface area contributed by atoms with Gasteiger partial charge in [0.1, 0.15) is 21.3 Å². The second kappa shape index (κ2) is 7.30. The Morgan fingerprint density at radius 1 is 1.30 bits per heavy atom. The Hall–Kier alpha value is -2.01. The van der Waals surface area contributed by atoms with Crippen molar-refractivity contribution in [2.45, 2.75) is 61.9 Å². The van der Waals surface area contributed by atoms with Crippen molar-refractivity contribution in [3.05, 3.63) is 28.9 Å². The topological polar surface area (TPSA) is 114 Å². The number of hydrogen-bond donors (Lipinski definition) is 2. The van der Waals surface area contributed by atoms with E-state index in [0.717, 1.165) is 0 Å². The summed E-state index contributed by atoms with van der Waals surface area (Å²) in [5.74, 6) is 0.272. The van der Waals surface area contributed by atoms with E-state index in [0.29, 0.717) is 39.8 Å². The standard InChI is InChI=1S/C20H25N3O5S2/c1-11-17(23-19(21-11)29-18(22-23)20(2,3)25)12-5-8-15(28-4)16(9-12)30(26,27)14-7-6-13(24)10-14/h5,8-9,13-14,24-25H,6-7,10H2,1-4H3/t13-,14+/m0/s1. The first-order valence-electron chi connectivity index (χ1n) is 9.71. The van der Waals surface area contributed by atoms with Crippen LogP contribution in [0.2, 0.25) is 0 Å². The summed E-state index contributed by atoms with van der Waals surface area (Å²) in [5.41, 5.74) is 0.919. The monoisotopic (exact) mass is 451 g/mol. The van der Waals surface area contributed by atoms with Gasteiger partial charge in [0.15, 0.2) is 9.84 Å². The van der Waals surface area contributed by atoms with Gasteiger partial charge >= 0.3 is 0 Å². The summed E-state index contributed by atoms with van der Waals surface area (Å²) in [6.45, 7) is 5.16. The molecule has 2 heterocycles. The van der Waals surface area contributed by atoms with Crippen molar-refractivity contribution in [1.29, 1.82) is 0 Å². The molecule has 1 aliphatic carbocycles. The fourth-order valence-electron chi connectivity index (χ4n) is 3.85. The van der Waals surface area contributed by atoms with E-state index in [1.54, 1.807) is 36.6 Å². The van der Waals surface area contributed by atoms with Crippen LogP contribution in [0.5, 0.6) is 5.75 Å². The van der Waals surface area contributed by atoms with Crippen molar-refractivity contribution in [2.75, 3.05) is 7.11 Å². The minimum atomic E-state index is -3.68. The Kier molecular flexibility index (Phi) is 5.16. The number of benzene rings is 1. The van der Waals surface area contributed by atoms with Crippen molar-refractivity contribution in [1.82, 2.24) is 14.6 Å². The Morgan fingerprint density at radius 2 is 2.03 bits per heavy atom. The quantitative estimate of drug-likeness (QED) is 0.613. The number of aryl methyl sites for hydroxylation is 1. The van der Waals surface area contributed by atoms with Crippen molar-refractivity contribution < 1.29 is 23.4 Å². The molecular weight excluding hydrogens is 426 g/mol. The molecule has 0 spiro atoms. The molecule has 2 atom stereocenters. The van der Waals surface area contributed by atoms with Gasteiger partial charge in [-0.15, -0.1) is 0 Å². The Labute approximate surface area is 179 Å². The Bertz CT molecular complexity index is 1210. The first kappa shape index (κ1) is 21.2. The highest BCUT2D eigenvalue weighted by Gasteiger charge is 2.36. The lowest BCUT2D eigenvalue weighted by Crippen LogP contribution is -2.20. The fourth-order valence-corrected chi connectivity index (χ4v) is 6.80. The molecule has 0 bridgehead atoms. The van der Waals surface area contributed by atoms with Crippen LogP contribution >= 0.6 is 11.3 Å². The third-order valence-electron chi connectivity index (χ3n) is 5.44. The first-order valence-corrected chi connectivity index (χ1v) is 12.1. The zero-order valence-electron chi connectivity index (χ0n) is 17.3.